The number of nitrogens with zero attached hydrogens (tertiary/aromatic N) is 4. The van der Waals surface area contributed by atoms with Gasteiger partial charge in [-0.1, -0.05) is 30.3 Å². The maximum Gasteiger partial charge on any atom is 0.258 e. The highest BCUT2D eigenvalue weighted by atomic mass is 16.2. The van der Waals surface area contributed by atoms with Crippen molar-refractivity contribution in [3.05, 3.63) is 85.0 Å². The minimum atomic E-state index is -0.245. The highest BCUT2D eigenvalue weighted by molar-refractivity contribution is 6.01. The van der Waals surface area contributed by atoms with Crippen LogP contribution < -0.4 is 5.32 Å². The molecule has 4 rings (SSSR count). The van der Waals surface area contributed by atoms with Gasteiger partial charge in [-0.15, -0.1) is 6.58 Å². The fourth-order valence-corrected chi connectivity index (χ4v) is 3.03. The summed E-state index contributed by atoms with van der Waals surface area (Å²) in [6.45, 7) is 4.25. The summed E-state index contributed by atoms with van der Waals surface area (Å²) in [5.74, 6) is -0.000368. The Morgan fingerprint density at radius 2 is 1.96 bits per heavy atom. The molecule has 0 radical (unpaired) electrons. The Kier molecular flexibility index (Phi) is 3.78. The summed E-state index contributed by atoms with van der Waals surface area (Å²) in [6.07, 6.45) is 4.64. The quantitative estimate of drug-likeness (QED) is 0.747. The first-order valence-corrected chi connectivity index (χ1v) is 8.00. The van der Waals surface area contributed by atoms with E-state index in [0.29, 0.717) is 12.1 Å². The second kappa shape index (κ2) is 6.24. The molecule has 0 spiro atoms. The predicted octanol–water partition coefficient (Wildman–Crippen LogP) is 3.02. The van der Waals surface area contributed by atoms with E-state index in [1.54, 1.807) is 22.0 Å². The molecule has 1 aromatic heterocycles. The van der Waals surface area contributed by atoms with Gasteiger partial charge in [0.05, 0.1) is 11.3 Å². The summed E-state index contributed by atoms with van der Waals surface area (Å²) in [6, 6.07) is 15.5. The van der Waals surface area contributed by atoms with E-state index in [0.717, 1.165) is 16.9 Å². The maximum absolute atomic E-state index is 12.9. The van der Waals surface area contributed by atoms with Gasteiger partial charge in [-0.2, -0.15) is 5.10 Å². The van der Waals surface area contributed by atoms with Gasteiger partial charge in [-0.25, -0.2) is 9.67 Å². The normalized spacial score (nSPS) is 16.2. The molecule has 0 saturated heterocycles. The molecular weight excluding hydrogens is 314 g/mol. The number of fused-ring (bicyclic) bond motifs is 1. The Morgan fingerprint density at radius 1 is 1.16 bits per heavy atom. The van der Waals surface area contributed by atoms with Gasteiger partial charge in [0, 0.05) is 12.2 Å². The number of carbonyl (C=O) groups excluding carboxylic acids is 1. The van der Waals surface area contributed by atoms with Crippen molar-refractivity contribution in [2.45, 2.75) is 6.17 Å². The molecule has 6 nitrogen and oxygen atoms in total. The van der Waals surface area contributed by atoms with Gasteiger partial charge >= 0.3 is 0 Å². The Balaban J connectivity index is 1.70. The molecule has 0 unspecified atom stereocenters. The van der Waals surface area contributed by atoms with E-state index in [4.69, 9.17) is 0 Å². The number of aromatic nitrogens is 3. The van der Waals surface area contributed by atoms with Crippen molar-refractivity contribution in [2.24, 2.45) is 0 Å². The number of amides is 1. The van der Waals surface area contributed by atoms with Gasteiger partial charge in [-0.05, 0) is 29.8 Å². The summed E-state index contributed by atoms with van der Waals surface area (Å²) < 4.78 is 1.69. The topological polar surface area (TPSA) is 63.1 Å². The average molecular weight is 331 g/mol. The van der Waals surface area contributed by atoms with Crippen molar-refractivity contribution in [1.82, 2.24) is 19.7 Å². The van der Waals surface area contributed by atoms with E-state index < -0.39 is 0 Å². The lowest BCUT2D eigenvalue weighted by molar-refractivity contribution is 0.0707. The molecule has 0 fully saturated rings. The van der Waals surface area contributed by atoms with E-state index in [9.17, 15) is 4.79 Å². The Morgan fingerprint density at radius 3 is 2.68 bits per heavy atom. The molecule has 124 valence electrons. The average Bonchev–Trinajstić information content (AvgIpc) is 3.19. The van der Waals surface area contributed by atoms with Gasteiger partial charge in [0.25, 0.3) is 5.91 Å². The summed E-state index contributed by atoms with van der Waals surface area (Å²) in [7, 11) is 0. The van der Waals surface area contributed by atoms with Crippen LogP contribution in [0.4, 0.5) is 5.69 Å². The summed E-state index contributed by atoms with van der Waals surface area (Å²) in [4.78, 5) is 18.6. The van der Waals surface area contributed by atoms with Crippen LogP contribution in [0.5, 0.6) is 0 Å². The highest BCUT2D eigenvalue weighted by Crippen LogP contribution is 2.33. The number of nitrogens with one attached hydrogen (secondary N) is 1. The molecule has 1 aliphatic heterocycles. The molecule has 1 aliphatic rings. The lowest BCUT2D eigenvalue weighted by Crippen LogP contribution is -2.42. The SMILES string of the molecule is C=CCN1C(=O)c2ccccc2N[C@H]1c1ccc(-n2cncn2)cc1. The van der Waals surface area contributed by atoms with Crippen molar-refractivity contribution < 1.29 is 4.79 Å². The fourth-order valence-electron chi connectivity index (χ4n) is 3.03. The lowest BCUT2D eigenvalue weighted by Gasteiger charge is -2.37. The molecule has 6 heteroatoms. The molecule has 2 heterocycles. The van der Waals surface area contributed by atoms with E-state index in [1.165, 1.54) is 6.33 Å². The third kappa shape index (κ3) is 2.67. The van der Waals surface area contributed by atoms with Crippen LogP contribution in [0.3, 0.4) is 0 Å². The fraction of sp³-hybridized carbons (Fsp3) is 0.105. The zero-order chi connectivity index (χ0) is 17.2. The smallest absolute Gasteiger partial charge is 0.258 e. The number of rotatable bonds is 4. The molecule has 0 saturated carbocycles. The Hall–Kier alpha value is -3.41. The molecule has 1 atom stereocenters. The third-order valence-corrected chi connectivity index (χ3v) is 4.24. The number of para-hydroxylation sites is 1. The first-order valence-electron chi connectivity index (χ1n) is 8.00. The zero-order valence-corrected chi connectivity index (χ0v) is 13.5. The second-order valence-electron chi connectivity index (χ2n) is 5.77. The molecule has 0 aliphatic carbocycles. The minimum absolute atomic E-state index is 0.000368. The number of anilines is 1. The van der Waals surface area contributed by atoms with E-state index >= 15 is 0 Å². The lowest BCUT2D eigenvalue weighted by atomic mass is 10.0. The van der Waals surface area contributed by atoms with Crippen molar-refractivity contribution >= 4 is 11.6 Å². The van der Waals surface area contributed by atoms with Crippen molar-refractivity contribution in [2.75, 3.05) is 11.9 Å². The van der Waals surface area contributed by atoms with E-state index in [2.05, 4.69) is 22.0 Å². The van der Waals surface area contributed by atoms with Crippen LogP contribution in [0.25, 0.3) is 5.69 Å². The first-order chi connectivity index (χ1) is 12.3. The number of benzene rings is 2. The molecule has 3 aromatic rings. The second-order valence-corrected chi connectivity index (χ2v) is 5.77. The van der Waals surface area contributed by atoms with E-state index in [-0.39, 0.29) is 12.1 Å². The molecule has 2 aromatic carbocycles. The highest BCUT2D eigenvalue weighted by Gasteiger charge is 2.31. The maximum atomic E-state index is 12.9. The summed E-state index contributed by atoms with van der Waals surface area (Å²) in [5.41, 5.74) is 3.44. The standard InChI is InChI=1S/C19H17N5O/c1-2-11-23-18(22-17-6-4-3-5-16(17)19(23)25)14-7-9-15(10-8-14)24-13-20-12-21-24/h2-10,12-13,18,22H,1,11H2/t18-/m1/s1. The van der Waals surface area contributed by atoms with Gasteiger partial charge in [0.1, 0.15) is 18.8 Å². The van der Waals surface area contributed by atoms with Gasteiger partial charge in [-0.3, -0.25) is 4.79 Å². The van der Waals surface area contributed by atoms with Crippen molar-refractivity contribution in [3.63, 3.8) is 0 Å². The van der Waals surface area contributed by atoms with Crippen molar-refractivity contribution in [3.8, 4) is 5.69 Å². The van der Waals surface area contributed by atoms with Gasteiger partial charge in [0.15, 0.2) is 0 Å². The van der Waals surface area contributed by atoms with E-state index in [1.807, 2.05) is 48.5 Å². The van der Waals surface area contributed by atoms with Crippen LogP contribution >= 0.6 is 0 Å². The molecular formula is C19H17N5O. The monoisotopic (exact) mass is 331 g/mol. The summed E-state index contributed by atoms with van der Waals surface area (Å²) in [5, 5.41) is 7.58. The molecule has 25 heavy (non-hydrogen) atoms. The van der Waals surface area contributed by atoms with Crippen LogP contribution in [-0.2, 0) is 0 Å². The molecule has 1 N–H and O–H groups in total. The zero-order valence-electron chi connectivity index (χ0n) is 13.5. The van der Waals surface area contributed by atoms with Crippen LogP contribution in [0.15, 0.2) is 73.8 Å². The van der Waals surface area contributed by atoms with Crippen LogP contribution in [0.2, 0.25) is 0 Å². The number of hydrogen-bond donors (Lipinski definition) is 1. The number of hydrogen-bond acceptors (Lipinski definition) is 4. The van der Waals surface area contributed by atoms with Crippen LogP contribution in [0, 0.1) is 0 Å². The predicted molar refractivity (Wildman–Crippen MR) is 95.4 cm³/mol. The van der Waals surface area contributed by atoms with Crippen molar-refractivity contribution in [1.29, 1.82) is 0 Å². The molecule has 1 amide bonds. The van der Waals surface area contributed by atoms with Gasteiger partial charge in [0.2, 0.25) is 0 Å². The summed E-state index contributed by atoms with van der Waals surface area (Å²) >= 11 is 0. The Labute approximate surface area is 145 Å². The molecule has 0 bridgehead atoms. The van der Waals surface area contributed by atoms with Crippen LogP contribution in [-0.4, -0.2) is 32.1 Å². The first kappa shape index (κ1) is 15.1. The largest absolute Gasteiger partial charge is 0.361 e. The minimum Gasteiger partial charge on any atom is -0.361 e. The Bertz CT molecular complexity index is 902. The van der Waals surface area contributed by atoms with Gasteiger partial charge < -0.3 is 10.2 Å². The third-order valence-electron chi connectivity index (χ3n) is 4.24. The number of carbonyl (C=O) groups is 1. The van der Waals surface area contributed by atoms with Crippen LogP contribution in [0.1, 0.15) is 22.1 Å².